The molecule has 0 aliphatic carbocycles. The summed E-state index contributed by atoms with van der Waals surface area (Å²) in [6.07, 6.45) is 5.35. The van der Waals surface area contributed by atoms with Gasteiger partial charge in [-0.25, -0.2) is 0 Å². The number of nitrogens with zero attached hydrogens (tertiary/aromatic N) is 1. The topological polar surface area (TPSA) is 12.9 Å². The summed E-state index contributed by atoms with van der Waals surface area (Å²) in [5.74, 6) is 0. The standard InChI is InChI=1S/C8H8NS/c1-2-6-10-8-4-3-5-9-7-8/h2-7H,1H2/b6-2+. The highest BCUT2D eigenvalue weighted by Gasteiger charge is 1.84. The molecule has 0 bridgehead atoms. The summed E-state index contributed by atoms with van der Waals surface area (Å²) in [5.41, 5.74) is 0. The van der Waals surface area contributed by atoms with Crippen molar-refractivity contribution in [1.29, 1.82) is 0 Å². The summed E-state index contributed by atoms with van der Waals surface area (Å²) in [6.45, 7) is 3.58. The first-order valence-electron chi connectivity index (χ1n) is 2.94. The Bertz CT molecular complexity index is 206. The van der Waals surface area contributed by atoms with Gasteiger partial charge in [-0.05, 0) is 24.5 Å². The van der Waals surface area contributed by atoms with E-state index in [2.05, 4.69) is 11.9 Å². The van der Waals surface area contributed by atoms with Gasteiger partial charge >= 0.3 is 0 Å². The van der Waals surface area contributed by atoms with Gasteiger partial charge in [0, 0.05) is 17.3 Å². The van der Waals surface area contributed by atoms with Gasteiger partial charge in [-0.15, -0.1) is 0 Å². The van der Waals surface area contributed by atoms with Crippen LogP contribution in [-0.2, 0) is 0 Å². The van der Waals surface area contributed by atoms with Crippen LogP contribution in [0.25, 0.3) is 0 Å². The van der Waals surface area contributed by atoms with E-state index in [1.807, 2.05) is 23.7 Å². The summed E-state index contributed by atoms with van der Waals surface area (Å²) in [5, 5.41) is 1.93. The molecule has 1 aromatic rings. The van der Waals surface area contributed by atoms with Crippen molar-refractivity contribution in [2.45, 2.75) is 4.90 Å². The summed E-state index contributed by atoms with van der Waals surface area (Å²) in [4.78, 5) is 5.10. The molecule has 10 heavy (non-hydrogen) atoms. The van der Waals surface area contributed by atoms with Crippen molar-refractivity contribution in [2.24, 2.45) is 0 Å². The zero-order chi connectivity index (χ0) is 7.23. The van der Waals surface area contributed by atoms with Crippen LogP contribution in [0.2, 0.25) is 0 Å². The number of hydrogen-bond acceptors (Lipinski definition) is 2. The first-order chi connectivity index (χ1) is 4.93. The molecule has 0 saturated heterocycles. The fourth-order valence-electron chi connectivity index (χ4n) is 0.543. The van der Waals surface area contributed by atoms with E-state index >= 15 is 0 Å². The summed E-state index contributed by atoms with van der Waals surface area (Å²) >= 11 is 1.61. The third-order valence-electron chi connectivity index (χ3n) is 0.935. The van der Waals surface area contributed by atoms with Crippen LogP contribution in [0.1, 0.15) is 0 Å². The van der Waals surface area contributed by atoms with E-state index < -0.39 is 0 Å². The van der Waals surface area contributed by atoms with Gasteiger partial charge in [0.15, 0.2) is 0 Å². The van der Waals surface area contributed by atoms with Crippen LogP contribution in [0, 0.1) is 6.92 Å². The van der Waals surface area contributed by atoms with Crippen LogP contribution in [0.15, 0.2) is 40.9 Å². The third kappa shape index (κ3) is 2.23. The van der Waals surface area contributed by atoms with E-state index in [1.165, 1.54) is 0 Å². The quantitative estimate of drug-likeness (QED) is 0.601. The molecule has 0 atom stereocenters. The lowest BCUT2D eigenvalue weighted by Crippen LogP contribution is -1.69. The minimum absolute atomic E-state index is 1.14. The normalized spacial score (nSPS) is 10.5. The SMILES string of the molecule is [CH2]/C=C/Sc1cccnc1. The molecule has 2 heteroatoms. The third-order valence-corrected chi connectivity index (χ3v) is 1.78. The number of aromatic nitrogens is 1. The average Bonchev–Trinajstić information content (AvgIpc) is 2.03. The van der Waals surface area contributed by atoms with Crippen LogP contribution in [0.4, 0.5) is 0 Å². The lowest BCUT2D eigenvalue weighted by atomic mass is 10.5. The van der Waals surface area contributed by atoms with Gasteiger partial charge in [0.25, 0.3) is 0 Å². The fourth-order valence-corrected chi connectivity index (χ4v) is 1.08. The molecule has 0 N–H and O–H groups in total. The molecule has 0 spiro atoms. The van der Waals surface area contributed by atoms with Gasteiger partial charge < -0.3 is 0 Å². The molecule has 1 radical (unpaired) electrons. The maximum absolute atomic E-state index is 3.96. The maximum Gasteiger partial charge on any atom is 0.0407 e. The lowest BCUT2D eigenvalue weighted by molar-refractivity contribution is 1.24. The van der Waals surface area contributed by atoms with Crippen LogP contribution in [0.5, 0.6) is 0 Å². The molecule has 0 fully saturated rings. The van der Waals surface area contributed by atoms with E-state index in [0.29, 0.717) is 0 Å². The molecule has 0 aliphatic heterocycles. The zero-order valence-corrected chi connectivity index (χ0v) is 6.34. The number of hydrogen-bond donors (Lipinski definition) is 0. The Morgan fingerprint density at radius 1 is 1.60 bits per heavy atom. The molecule has 0 aromatic carbocycles. The van der Waals surface area contributed by atoms with Gasteiger partial charge in [-0.2, -0.15) is 0 Å². The zero-order valence-electron chi connectivity index (χ0n) is 5.53. The average molecular weight is 150 g/mol. The highest BCUT2D eigenvalue weighted by atomic mass is 32.2. The van der Waals surface area contributed by atoms with Crippen molar-refractivity contribution < 1.29 is 0 Å². The largest absolute Gasteiger partial charge is 0.264 e. The molecule has 1 rings (SSSR count). The van der Waals surface area contributed by atoms with Crippen LogP contribution < -0.4 is 0 Å². The highest BCUT2D eigenvalue weighted by Crippen LogP contribution is 2.16. The molecule has 0 unspecified atom stereocenters. The molecular formula is C8H8NS. The summed E-state index contributed by atoms with van der Waals surface area (Å²) in [7, 11) is 0. The monoisotopic (exact) mass is 150 g/mol. The smallest absolute Gasteiger partial charge is 0.0407 e. The van der Waals surface area contributed by atoms with Crippen molar-refractivity contribution in [3.63, 3.8) is 0 Å². The van der Waals surface area contributed by atoms with Crippen molar-refractivity contribution in [1.82, 2.24) is 4.98 Å². The molecule has 0 aliphatic rings. The number of thioether (sulfide) groups is 1. The van der Waals surface area contributed by atoms with Crippen molar-refractivity contribution in [2.75, 3.05) is 0 Å². The second-order valence-corrected chi connectivity index (χ2v) is 2.66. The predicted molar refractivity (Wildman–Crippen MR) is 44.6 cm³/mol. The second-order valence-electron chi connectivity index (χ2n) is 1.68. The minimum atomic E-state index is 1.14. The Morgan fingerprint density at radius 3 is 3.10 bits per heavy atom. The van der Waals surface area contributed by atoms with E-state index in [1.54, 1.807) is 24.0 Å². The van der Waals surface area contributed by atoms with Gasteiger partial charge in [-0.3, -0.25) is 4.98 Å². The Balaban J connectivity index is 2.59. The molecule has 1 nitrogen and oxygen atoms in total. The number of pyridine rings is 1. The molecule has 0 saturated carbocycles. The van der Waals surface area contributed by atoms with Gasteiger partial charge in [-0.1, -0.05) is 17.8 Å². The van der Waals surface area contributed by atoms with Crippen LogP contribution in [0.3, 0.4) is 0 Å². The molecule has 0 amide bonds. The fraction of sp³-hybridized carbons (Fsp3) is 0. The number of rotatable bonds is 2. The Kier molecular flexibility index (Phi) is 3.03. The van der Waals surface area contributed by atoms with E-state index in [0.717, 1.165) is 4.90 Å². The van der Waals surface area contributed by atoms with E-state index in [4.69, 9.17) is 0 Å². The van der Waals surface area contributed by atoms with Gasteiger partial charge in [0.1, 0.15) is 0 Å². The van der Waals surface area contributed by atoms with Gasteiger partial charge in [0.05, 0.1) is 0 Å². The van der Waals surface area contributed by atoms with Crippen molar-refractivity contribution in [3.8, 4) is 0 Å². The van der Waals surface area contributed by atoms with Crippen molar-refractivity contribution >= 4 is 11.8 Å². The summed E-state index contributed by atoms with van der Waals surface area (Å²) in [6, 6.07) is 3.93. The highest BCUT2D eigenvalue weighted by molar-refractivity contribution is 8.02. The lowest BCUT2D eigenvalue weighted by Gasteiger charge is -1.90. The Hall–Kier alpha value is -0.760. The maximum atomic E-state index is 3.96. The molecular weight excluding hydrogens is 142 g/mol. The Morgan fingerprint density at radius 2 is 2.50 bits per heavy atom. The molecule has 51 valence electrons. The predicted octanol–water partition coefficient (Wildman–Crippen LogP) is 2.52. The van der Waals surface area contributed by atoms with Crippen molar-refractivity contribution in [3.05, 3.63) is 42.9 Å². The van der Waals surface area contributed by atoms with E-state index in [-0.39, 0.29) is 0 Å². The first-order valence-corrected chi connectivity index (χ1v) is 3.82. The minimum Gasteiger partial charge on any atom is -0.264 e. The van der Waals surface area contributed by atoms with Gasteiger partial charge in [0.2, 0.25) is 0 Å². The number of allylic oxidation sites excluding steroid dienone is 1. The second kappa shape index (κ2) is 4.12. The van der Waals surface area contributed by atoms with Crippen LogP contribution in [-0.4, -0.2) is 4.98 Å². The summed E-state index contributed by atoms with van der Waals surface area (Å²) < 4.78 is 0. The molecule has 1 heterocycles. The Labute approximate surface area is 65.2 Å². The first kappa shape index (κ1) is 7.35. The van der Waals surface area contributed by atoms with Crippen LogP contribution >= 0.6 is 11.8 Å². The molecule has 1 aromatic heterocycles. The van der Waals surface area contributed by atoms with E-state index in [9.17, 15) is 0 Å².